The van der Waals surface area contributed by atoms with Gasteiger partial charge in [-0.15, -0.1) is 22.9 Å². The van der Waals surface area contributed by atoms with E-state index in [1.807, 2.05) is 6.07 Å². The Labute approximate surface area is 132 Å². The Morgan fingerprint density at radius 1 is 1.00 bits per heavy atom. The number of alkyl halides is 1. The highest BCUT2D eigenvalue weighted by atomic mass is 79.9. The van der Waals surface area contributed by atoms with Gasteiger partial charge in [0.25, 0.3) is 0 Å². The third-order valence-electron chi connectivity index (χ3n) is 2.09. The van der Waals surface area contributed by atoms with Crippen LogP contribution in [0.25, 0.3) is 0 Å². The zero-order valence-corrected chi connectivity index (χ0v) is 13.6. The molecule has 0 fully saturated rings. The number of thiophene rings is 1. The maximum atomic E-state index is 6.37. The quantitative estimate of drug-likeness (QED) is 0.494. The molecule has 0 spiro atoms. The smallest absolute Gasteiger partial charge is 0.0929 e. The van der Waals surface area contributed by atoms with Gasteiger partial charge in [0.05, 0.1) is 14.2 Å². The Morgan fingerprint density at radius 3 is 2.06 bits per heavy atom. The van der Waals surface area contributed by atoms with E-state index in [9.17, 15) is 0 Å². The molecule has 0 saturated carbocycles. The molecule has 1 aromatic carbocycles. The molecule has 0 radical (unpaired) electrons. The summed E-state index contributed by atoms with van der Waals surface area (Å²) in [5.41, 5.74) is 0.856. The van der Waals surface area contributed by atoms with Gasteiger partial charge in [0.15, 0.2) is 0 Å². The first-order valence-corrected chi connectivity index (χ1v) is 7.70. The normalized spacial score (nSPS) is 12.8. The molecule has 0 aliphatic heterocycles. The largest absolute Gasteiger partial charge is 0.130 e. The van der Waals surface area contributed by atoms with Crippen LogP contribution in [0.2, 0.25) is 15.1 Å². The predicted octanol–water partition coefficient (Wildman–Crippen LogP) is 6.80. The van der Waals surface area contributed by atoms with Crippen LogP contribution < -0.4 is 0 Å². The van der Waals surface area contributed by atoms with Crippen LogP contribution in [0.5, 0.6) is 0 Å². The fourth-order valence-corrected chi connectivity index (χ4v) is 3.99. The first-order valence-electron chi connectivity index (χ1n) is 4.52. The van der Waals surface area contributed by atoms with Crippen LogP contribution in [-0.4, -0.2) is 0 Å². The summed E-state index contributed by atoms with van der Waals surface area (Å²) in [5.74, 6) is 0. The molecular weight excluding hydrogens is 386 g/mol. The molecule has 2 aromatic rings. The molecule has 0 aliphatic rings. The lowest BCUT2D eigenvalue weighted by Crippen LogP contribution is -1.90. The molecule has 1 aromatic heterocycles. The van der Waals surface area contributed by atoms with E-state index in [1.165, 1.54) is 11.3 Å². The predicted molar refractivity (Wildman–Crippen MR) is 81.2 cm³/mol. The van der Waals surface area contributed by atoms with Gasteiger partial charge in [-0.25, -0.2) is 0 Å². The minimum atomic E-state index is -0.306. The average Bonchev–Trinajstić information content (AvgIpc) is 2.57. The third kappa shape index (κ3) is 3.31. The molecule has 17 heavy (non-hydrogen) atoms. The van der Waals surface area contributed by atoms with Crippen molar-refractivity contribution in [3.63, 3.8) is 0 Å². The van der Waals surface area contributed by atoms with Crippen LogP contribution in [-0.2, 0) is 0 Å². The SMILES string of the molecule is Clc1cc(Cl)cc(C(Cl)c2cc(Cl)c(Br)s2)c1. The number of halogens is 5. The molecule has 0 N–H and O–H groups in total. The van der Waals surface area contributed by atoms with Gasteiger partial charge in [0.1, 0.15) is 0 Å². The number of rotatable bonds is 2. The van der Waals surface area contributed by atoms with Gasteiger partial charge in [0, 0.05) is 14.9 Å². The molecule has 1 heterocycles. The van der Waals surface area contributed by atoms with Crippen molar-refractivity contribution in [2.24, 2.45) is 0 Å². The molecule has 0 saturated heterocycles. The monoisotopic (exact) mass is 388 g/mol. The van der Waals surface area contributed by atoms with Gasteiger partial charge < -0.3 is 0 Å². The van der Waals surface area contributed by atoms with Gasteiger partial charge in [-0.2, -0.15) is 0 Å². The summed E-state index contributed by atoms with van der Waals surface area (Å²) in [6, 6.07) is 7.11. The van der Waals surface area contributed by atoms with E-state index >= 15 is 0 Å². The molecule has 90 valence electrons. The highest BCUT2D eigenvalue weighted by Gasteiger charge is 2.16. The highest BCUT2D eigenvalue weighted by Crippen LogP contribution is 2.41. The molecule has 0 amide bonds. The number of benzene rings is 1. The second-order valence-electron chi connectivity index (χ2n) is 3.34. The van der Waals surface area contributed by atoms with E-state index in [0.29, 0.717) is 15.1 Å². The van der Waals surface area contributed by atoms with E-state index in [2.05, 4.69) is 15.9 Å². The van der Waals surface area contributed by atoms with Gasteiger partial charge in [-0.3, -0.25) is 0 Å². The van der Waals surface area contributed by atoms with Gasteiger partial charge in [-0.1, -0.05) is 34.8 Å². The maximum Gasteiger partial charge on any atom is 0.0929 e. The fourth-order valence-electron chi connectivity index (χ4n) is 1.37. The van der Waals surface area contributed by atoms with Crippen LogP contribution in [0.15, 0.2) is 28.1 Å². The van der Waals surface area contributed by atoms with E-state index in [4.69, 9.17) is 46.4 Å². The van der Waals surface area contributed by atoms with E-state index in [1.54, 1.807) is 18.2 Å². The van der Waals surface area contributed by atoms with Crippen molar-refractivity contribution in [3.8, 4) is 0 Å². The zero-order chi connectivity index (χ0) is 12.6. The fraction of sp³-hybridized carbons (Fsp3) is 0.0909. The van der Waals surface area contributed by atoms with Crippen LogP contribution in [0.4, 0.5) is 0 Å². The van der Waals surface area contributed by atoms with Crippen molar-refractivity contribution in [1.29, 1.82) is 0 Å². The second kappa shape index (κ2) is 5.68. The van der Waals surface area contributed by atoms with Crippen LogP contribution in [0.1, 0.15) is 15.8 Å². The minimum Gasteiger partial charge on any atom is -0.130 e. The molecule has 0 nitrogen and oxygen atoms in total. The van der Waals surface area contributed by atoms with E-state index < -0.39 is 0 Å². The lowest BCUT2D eigenvalue weighted by atomic mass is 10.1. The molecule has 0 bridgehead atoms. The van der Waals surface area contributed by atoms with Crippen LogP contribution >= 0.6 is 73.7 Å². The van der Waals surface area contributed by atoms with Crippen molar-refractivity contribution in [2.45, 2.75) is 5.38 Å². The zero-order valence-electron chi connectivity index (χ0n) is 8.18. The molecule has 6 heteroatoms. The summed E-state index contributed by atoms with van der Waals surface area (Å²) in [6.07, 6.45) is 0. The maximum absolute atomic E-state index is 6.37. The Balaban J connectivity index is 2.39. The van der Waals surface area contributed by atoms with Gasteiger partial charge in [-0.05, 0) is 45.8 Å². The summed E-state index contributed by atoms with van der Waals surface area (Å²) in [4.78, 5) is 0.946. The van der Waals surface area contributed by atoms with Crippen LogP contribution in [0.3, 0.4) is 0 Å². The first-order chi connectivity index (χ1) is 7.97. The second-order valence-corrected chi connectivity index (χ2v) is 7.45. The van der Waals surface area contributed by atoms with Crippen molar-refractivity contribution < 1.29 is 0 Å². The summed E-state index contributed by atoms with van der Waals surface area (Å²) < 4.78 is 0.868. The Morgan fingerprint density at radius 2 is 1.59 bits per heavy atom. The standard InChI is InChI=1S/C11H5BrCl4S/c12-11-8(15)4-9(17-11)10(16)5-1-6(13)3-7(14)2-5/h1-4,10H. The Hall–Kier alpha value is 0.560. The van der Waals surface area contributed by atoms with E-state index in [-0.39, 0.29) is 5.38 Å². The topological polar surface area (TPSA) is 0 Å². The molecule has 2 rings (SSSR count). The summed E-state index contributed by atoms with van der Waals surface area (Å²) in [5, 5.41) is 1.49. The van der Waals surface area contributed by atoms with Crippen molar-refractivity contribution in [1.82, 2.24) is 0 Å². The third-order valence-corrected chi connectivity index (χ3v) is 5.68. The molecule has 1 atom stereocenters. The van der Waals surface area contributed by atoms with Gasteiger partial charge in [0.2, 0.25) is 0 Å². The summed E-state index contributed by atoms with van der Waals surface area (Å²) in [6.45, 7) is 0. The lowest BCUT2D eigenvalue weighted by Gasteiger charge is -2.08. The van der Waals surface area contributed by atoms with Crippen LogP contribution in [0, 0.1) is 0 Å². The molecule has 1 unspecified atom stereocenters. The van der Waals surface area contributed by atoms with Gasteiger partial charge >= 0.3 is 0 Å². The van der Waals surface area contributed by atoms with Crippen molar-refractivity contribution in [3.05, 3.63) is 53.6 Å². The first kappa shape index (κ1) is 14.0. The highest BCUT2D eigenvalue weighted by molar-refractivity contribution is 9.11. The summed E-state index contributed by atoms with van der Waals surface area (Å²) in [7, 11) is 0. The minimum absolute atomic E-state index is 0.306. The Bertz CT molecular complexity index is 513. The average molecular weight is 391 g/mol. The number of hydrogen-bond donors (Lipinski definition) is 0. The van der Waals surface area contributed by atoms with E-state index in [0.717, 1.165) is 14.2 Å². The van der Waals surface area contributed by atoms with Crippen molar-refractivity contribution >= 4 is 73.7 Å². The Kier molecular flexibility index (Phi) is 4.67. The lowest BCUT2D eigenvalue weighted by molar-refractivity contribution is 1.18. The molecular formula is C11H5BrCl4S. The molecule has 0 aliphatic carbocycles. The summed E-state index contributed by atoms with van der Waals surface area (Å²) >= 11 is 29.1. The van der Waals surface area contributed by atoms with Crippen molar-refractivity contribution in [2.75, 3.05) is 0 Å². The number of hydrogen-bond acceptors (Lipinski definition) is 1.